The second kappa shape index (κ2) is 7.36. The van der Waals surface area contributed by atoms with E-state index in [1.807, 2.05) is 12.3 Å². The fourth-order valence-electron chi connectivity index (χ4n) is 1.73. The van der Waals surface area contributed by atoms with E-state index in [0.717, 1.165) is 17.4 Å². The topological polar surface area (TPSA) is 42.4 Å². The first-order chi connectivity index (χ1) is 8.58. The van der Waals surface area contributed by atoms with Crippen LogP contribution in [0.4, 0.5) is 5.13 Å². The van der Waals surface area contributed by atoms with E-state index in [2.05, 4.69) is 30.7 Å². The minimum absolute atomic E-state index is 0.150. The molecule has 0 fully saturated rings. The number of rotatable bonds is 7. The molecule has 0 aliphatic heterocycles. The van der Waals surface area contributed by atoms with Gasteiger partial charge in [0.1, 0.15) is 0 Å². The second-order valence-corrected chi connectivity index (χ2v) is 5.14. The van der Waals surface area contributed by atoms with Crippen molar-refractivity contribution >= 4 is 22.4 Å². The standard InChI is InChI=1S/C13H22N2O2S/c1-5-15(10(3)4)13-14-11(9-18-13)7-8-12(16)17-6-2/h9-10H,5-8H2,1-4H3. The number of aryl methyl sites for hydroxylation is 1. The number of hydrogen-bond donors (Lipinski definition) is 0. The van der Waals surface area contributed by atoms with E-state index in [-0.39, 0.29) is 5.97 Å². The Morgan fingerprint density at radius 2 is 2.22 bits per heavy atom. The fraction of sp³-hybridized carbons (Fsp3) is 0.692. The van der Waals surface area contributed by atoms with Crippen molar-refractivity contribution in [3.63, 3.8) is 0 Å². The van der Waals surface area contributed by atoms with Crippen LogP contribution < -0.4 is 4.90 Å². The van der Waals surface area contributed by atoms with Gasteiger partial charge in [-0.15, -0.1) is 11.3 Å². The minimum atomic E-state index is -0.150. The highest BCUT2D eigenvalue weighted by Crippen LogP contribution is 2.22. The van der Waals surface area contributed by atoms with E-state index in [1.54, 1.807) is 11.3 Å². The molecule has 102 valence electrons. The van der Waals surface area contributed by atoms with Crippen molar-refractivity contribution in [1.29, 1.82) is 0 Å². The zero-order valence-electron chi connectivity index (χ0n) is 11.6. The van der Waals surface area contributed by atoms with Gasteiger partial charge < -0.3 is 9.64 Å². The van der Waals surface area contributed by atoms with Gasteiger partial charge >= 0.3 is 5.97 Å². The lowest BCUT2D eigenvalue weighted by molar-refractivity contribution is -0.143. The first-order valence-electron chi connectivity index (χ1n) is 6.45. The van der Waals surface area contributed by atoms with Crippen LogP contribution in [-0.4, -0.2) is 30.1 Å². The molecule has 18 heavy (non-hydrogen) atoms. The third-order valence-electron chi connectivity index (χ3n) is 2.64. The minimum Gasteiger partial charge on any atom is -0.466 e. The summed E-state index contributed by atoms with van der Waals surface area (Å²) in [5.41, 5.74) is 0.974. The molecule has 1 aromatic heterocycles. The highest BCUT2D eigenvalue weighted by atomic mass is 32.1. The van der Waals surface area contributed by atoms with E-state index in [0.29, 0.717) is 25.5 Å². The molecule has 0 aliphatic rings. The van der Waals surface area contributed by atoms with E-state index in [4.69, 9.17) is 4.74 Å². The normalized spacial score (nSPS) is 10.7. The van der Waals surface area contributed by atoms with Crippen molar-refractivity contribution in [1.82, 2.24) is 4.98 Å². The Kier molecular flexibility index (Phi) is 6.12. The molecule has 0 amide bonds. The van der Waals surface area contributed by atoms with E-state index in [1.165, 1.54) is 0 Å². The molecule has 1 rings (SSSR count). The smallest absolute Gasteiger partial charge is 0.306 e. The van der Waals surface area contributed by atoms with Gasteiger partial charge in [0.15, 0.2) is 5.13 Å². The average molecular weight is 270 g/mol. The van der Waals surface area contributed by atoms with Crippen LogP contribution in [0, 0.1) is 0 Å². The maximum atomic E-state index is 11.3. The monoisotopic (exact) mass is 270 g/mol. The number of nitrogens with zero attached hydrogens (tertiary/aromatic N) is 2. The second-order valence-electron chi connectivity index (χ2n) is 4.31. The van der Waals surface area contributed by atoms with Crippen LogP contribution in [0.1, 0.15) is 39.8 Å². The molecule has 0 spiro atoms. The molecule has 0 saturated heterocycles. The van der Waals surface area contributed by atoms with Gasteiger partial charge in [-0.1, -0.05) is 0 Å². The molecule has 0 unspecified atom stereocenters. The van der Waals surface area contributed by atoms with Crippen LogP contribution in [0.3, 0.4) is 0 Å². The zero-order valence-corrected chi connectivity index (χ0v) is 12.4. The van der Waals surface area contributed by atoms with Gasteiger partial charge in [0, 0.05) is 24.4 Å². The van der Waals surface area contributed by atoms with Crippen molar-refractivity contribution in [2.45, 2.75) is 46.6 Å². The molecule has 1 aromatic rings. The fourth-order valence-corrected chi connectivity index (χ4v) is 2.78. The van der Waals surface area contributed by atoms with Crippen LogP contribution in [-0.2, 0) is 16.0 Å². The molecule has 1 heterocycles. The molecule has 0 saturated carbocycles. The predicted octanol–water partition coefficient (Wildman–Crippen LogP) is 2.87. The number of thiazole rings is 1. The number of ether oxygens (including phenoxy) is 1. The number of aromatic nitrogens is 1. The third-order valence-corrected chi connectivity index (χ3v) is 3.57. The van der Waals surface area contributed by atoms with Crippen molar-refractivity contribution in [3.05, 3.63) is 11.1 Å². The van der Waals surface area contributed by atoms with Crippen molar-refractivity contribution in [2.75, 3.05) is 18.1 Å². The number of carbonyl (C=O) groups is 1. The molecule has 0 N–H and O–H groups in total. The molecule has 0 aliphatic carbocycles. The Bertz CT molecular complexity index is 377. The summed E-state index contributed by atoms with van der Waals surface area (Å²) in [6, 6.07) is 0.444. The molecule has 0 bridgehead atoms. The average Bonchev–Trinajstić information content (AvgIpc) is 2.76. The number of esters is 1. The van der Waals surface area contributed by atoms with Gasteiger partial charge in [-0.3, -0.25) is 4.79 Å². The Labute approximate surface area is 113 Å². The zero-order chi connectivity index (χ0) is 13.5. The molecular formula is C13H22N2O2S. The van der Waals surface area contributed by atoms with Gasteiger partial charge in [-0.25, -0.2) is 4.98 Å². The number of hydrogen-bond acceptors (Lipinski definition) is 5. The SMILES string of the molecule is CCOC(=O)CCc1csc(N(CC)C(C)C)n1. The first kappa shape index (κ1) is 15.0. The maximum Gasteiger partial charge on any atom is 0.306 e. The Morgan fingerprint density at radius 1 is 1.50 bits per heavy atom. The van der Waals surface area contributed by atoms with Gasteiger partial charge in [0.25, 0.3) is 0 Å². The molecule has 0 atom stereocenters. The lowest BCUT2D eigenvalue weighted by Gasteiger charge is -2.24. The Morgan fingerprint density at radius 3 is 2.78 bits per heavy atom. The summed E-state index contributed by atoms with van der Waals surface area (Å²) in [5.74, 6) is -0.150. The molecule has 5 heteroatoms. The van der Waals surface area contributed by atoms with Crippen LogP contribution >= 0.6 is 11.3 Å². The molecular weight excluding hydrogens is 248 g/mol. The van der Waals surface area contributed by atoms with E-state index < -0.39 is 0 Å². The van der Waals surface area contributed by atoms with Crippen molar-refractivity contribution < 1.29 is 9.53 Å². The Hall–Kier alpha value is -1.10. The first-order valence-corrected chi connectivity index (χ1v) is 7.33. The van der Waals surface area contributed by atoms with Gasteiger partial charge in [0.2, 0.25) is 0 Å². The summed E-state index contributed by atoms with van der Waals surface area (Å²) in [6.45, 7) is 9.65. The van der Waals surface area contributed by atoms with Gasteiger partial charge in [0.05, 0.1) is 18.7 Å². The largest absolute Gasteiger partial charge is 0.466 e. The Balaban J connectivity index is 2.55. The van der Waals surface area contributed by atoms with E-state index >= 15 is 0 Å². The summed E-state index contributed by atoms with van der Waals surface area (Å²) in [4.78, 5) is 18.1. The molecule has 0 aromatic carbocycles. The lowest BCUT2D eigenvalue weighted by atomic mass is 10.2. The van der Waals surface area contributed by atoms with Crippen LogP contribution in [0.5, 0.6) is 0 Å². The van der Waals surface area contributed by atoms with Gasteiger partial charge in [-0.05, 0) is 27.7 Å². The summed E-state index contributed by atoms with van der Waals surface area (Å²) in [5, 5.41) is 3.06. The molecule has 0 radical (unpaired) electrons. The highest BCUT2D eigenvalue weighted by molar-refractivity contribution is 7.13. The number of anilines is 1. The summed E-state index contributed by atoms with van der Waals surface area (Å²) < 4.78 is 4.90. The lowest BCUT2D eigenvalue weighted by Crippen LogP contribution is -2.30. The summed E-state index contributed by atoms with van der Waals surface area (Å²) in [7, 11) is 0. The van der Waals surface area contributed by atoms with Crippen LogP contribution in [0.2, 0.25) is 0 Å². The predicted molar refractivity (Wildman–Crippen MR) is 75.2 cm³/mol. The summed E-state index contributed by atoms with van der Waals surface area (Å²) >= 11 is 1.64. The third kappa shape index (κ3) is 4.29. The maximum absolute atomic E-state index is 11.3. The van der Waals surface area contributed by atoms with Crippen LogP contribution in [0.15, 0.2) is 5.38 Å². The molecule has 4 nitrogen and oxygen atoms in total. The van der Waals surface area contributed by atoms with Crippen molar-refractivity contribution in [2.24, 2.45) is 0 Å². The highest BCUT2D eigenvalue weighted by Gasteiger charge is 2.13. The quantitative estimate of drug-likeness (QED) is 0.715. The van der Waals surface area contributed by atoms with Crippen LogP contribution in [0.25, 0.3) is 0 Å². The summed E-state index contributed by atoms with van der Waals surface area (Å²) in [6.07, 6.45) is 1.07. The van der Waals surface area contributed by atoms with E-state index in [9.17, 15) is 4.79 Å². The van der Waals surface area contributed by atoms with Crippen molar-refractivity contribution in [3.8, 4) is 0 Å². The van der Waals surface area contributed by atoms with Gasteiger partial charge in [-0.2, -0.15) is 0 Å². The number of carbonyl (C=O) groups excluding carboxylic acids is 1.